The predicted molar refractivity (Wildman–Crippen MR) is 111 cm³/mol. The molecule has 2 atom stereocenters. The van der Waals surface area contributed by atoms with E-state index in [1.54, 1.807) is 0 Å². The number of para-hydroxylation sites is 2. The highest BCUT2D eigenvalue weighted by atomic mass is 16.4. The van der Waals surface area contributed by atoms with E-state index < -0.39 is 5.97 Å². The van der Waals surface area contributed by atoms with Gasteiger partial charge in [-0.3, -0.25) is 4.79 Å². The molecule has 1 aromatic carbocycles. The molecule has 0 spiro atoms. The third-order valence-electron chi connectivity index (χ3n) is 6.98. The van der Waals surface area contributed by atoms with E-state index in [0.717, 1.165) is 48.7 Å². The number of rotatable bonds is 6. The number of carboxylic acid groups (broad SMARTS) is 1. The largest absolute Gasteiger partial charge is 0.481 e. The first-order chi connectivity index (χ1) is 13.6. The van der Waals surface area contributed by atoms with Crippen molar-refractivity contribution in [3.05, 3.63) is 30.1 Å². The molecule has 0 amide bonds. The summed E-state index contributed by atoms with van der Waals surface area (Å²) in [6.45, 7) is 3.25. The van der Waals surface area contributed by atoms with Crippen LogP contribution in [0.1, 0.15) is 50.8 Å². The lowest BCUT2D eigenvalue weighted by atomic mass is 9.80. The summed E-state index contributed by atoms with van der Waals surface area (Å²) < 4.78 is 2.19. The lowest BCUT2D eigenvalue weighted by Crippen LogP contribution is -2.44. The molecule has 5 heteroatoms. The fraction of sp³-hybridized carbons (Fsp3) is 0.652. The molecule has 1 aliphatic carbocycles. The summed E-state index contributed by atoms with van der Waals surface area (Å²) in [6.07, 6.45) is 9.03. The number of aliphatic carboxylic acids is 1. The van der Waals surface area contributed by atoms with E-state index in [9.17, 15) is 9.90 Å². The van der Waals surface area contributed by atoms with Crippen LogP contribution in [-0.4, -0.2) is 45.2 Å². The molecule has 2 aromatic rings. The van der Waals surface area contributed by atoms with Crippen molar-refractivity contribution in [2.24, 2.45) is 24.8 Å². The number of carbonyl (C=O) groups is 1. The lowest BCUT2D eigenvalue weighted by Gasteiger charge is -2.40. The maximum atomic E-state index is 11.4. The van der Waals surface area contributed by atoms with E-state index in [0.29, 0.717) is 5.92 Å². The number of hydrogen-bond acceptors (Lipinski definition) is 3. The van der Waals surface area contributed by atoms with Crippen LogP contribution in [0.25, 0.3) is 11.0 Å². The van der Waals surface area contributed by atoms with Gasteiger partial charge >= 0.3 is 5.97 Å². The van der Waals surface area contributed by atoms with Crippen LogP contribution in [0, 0.1) is 17.8 Å². The van der Waals surface area contributed by atoms with Gasteiger partial charge in [-0.1, -0.05) is 31.4 Å². The first-order valence-corrected chi connectivity index (χ1v) is 10.9. The van der Waals surface area contributed by atoms with Crippen LogP contribution in [0.2, 0.25) is 0 Å². The van der Waals surface area contributed by atoms with Gasteiger partial charge in [0.15, 0.2) is 0 Å². The van der Waals surface area contributed by atoms with Gasteiger partial charge in [0.1, 0.15) is 5.82 Å². The molecule has 4 rings (SSSR count). The van der Waals surface area contributed by atoms with E-state index in [-0.39, 0.29) is 12.3 Å². The standard InChI is InChI=1S/C23H33N3O2/c1-25-21-10-6-5-9-20(21)24-22(25)13-19-16-26(12-11-18(19)14-23(27)28)15-17-7-3-2-4-8-17/h5-6,9-10,17-19H,2-4,7-8,11-16H2,1H3,(H,27,28)/t18-,19-/m0/s1. The molecular formula is C23H33N3O2. The van der Waals surface area contributed by atoms with Crippen LogP contribution in [-0.2, 0) is 18.3 Å². The maximum Gasteiger partial charge on any atom is 0.303 e. The second-order valence-corrected chi connectivity index (χ2v) is 8.95. The zero-order valence-corrected chi connectivity index (χ0v) is 17.0. The molecule has 28 heavy (non-hydrogen) atoms. The van der Waals surface area contributed by atoms with Gasteiger partial charge in [-0.05, 0) is 55.7 Å². The van der Waals surface area contributed by atoms with Crippen molar-refractivity contribution in [3.63, 3.8) is 0 Å². The minimum absolute atomic E-state index is 0.250. The number of carboxylic acids is 1. The highest BCUT2D eigenvalue weighted by Gasteiger charge is 2.33. The predicted octanol–water partition coefficient (Wildman–Crippen LogP) is 4.11. The van der Waals surface area contributed by atoms with E-state index >= 15 is 0 Å². The van der Waals surface area contributed by atoms with Crippen LogP contribution in [0.4, 0.5) is 0 Å². The molecule has 2 aliphatic rings. The molecule has 0 bridgehead atoms. The fourth-order valence-electron chi connectivity index (χ4n) is 5.39. The smallest absolute Gasteiger partial charge is 0.303 e. The second-order valence-electron chi connectivity index (χ2n) is 8.95. The maximum absolute atomic E-state index is 11.4. The van der Waals surface area contributed by atoms with Crippen molar-refractivity contribution in [2.75, 3.05) is 19.6 Å². The first-order valence-electron chi connectivity index (χ1n) is 10.9. The number of benzene rings is 1. The SMILES string of the molecule is Cn1c(C[C@H]2CN(CC3CCCCC3)CC[C@H]2CC(=O)O)nc2ccccc21. The summed E-state index contributed by atoms with van der Waals surface area (Å²) in [5, 5.41) is 9.41. The van der Waals surface area contributed by atoms with Gasteiger partial charge in [0, 0.05) is 33.0 Å². The Morgan fingerprint density at radius 2 is 1.93 bits per heavy atom. The van der Waals surface area contributed by atoms with Crippen molar-refractivity contribution >= 4 is 17.0 Å². The highest BCUT2D eigenvalue weighted by Crippen LogP contribution is 2.32. The number of aromatic nitrogens is 2. The van der Waals surface area contributed by atoms with E-state index in [1.165, 1.54) is 38.6 Å². The highest BCUT2D eigenvalue weighted by molar-refractivity contribution is 5.75. The van der Waals surface area contributed by atoms with Gasteiger partial charge in [-0.25, -0.2) is 4.98 Å². The molecule has 1 aromatic heterocycles. The van der Waals surface area contributed by atoms with E-state index in [4.69, 9.17) is 4.98 Å². The summed E-state index contributed by atoms with van der Waals surface area (Å²) in [4.78, 5) is 18.9. The number of likely N-dealkylation sites (tertiary alicyclic amines) is 1. The summed E-state index contributed by atoms with van der Waals surface area (Å²) in [5.74, 6) is 1.87. The zero-order valence-electron chi connectivity index (χ0n) is 17.0. The summed E-state index contributed by atoms with van der Waals surface area (Å²) >= 11 is 0. The monoisotopic (exact) mass is 383 g/mol. The number of nitrogens with zero attached hydrogens (tertiary/aromatic N) is 3. The fourth-order valence-corrected chi connectivity index (χ4v) is 5.39. The lowest BCUT2D eigenvalue weighted by molar-refractivity contribution is -0.139. The number of piperidine rings is 1. The molecule has 0 radical (unpaired) electrons. The number of fused-ring (bicyclic) bond motifs is 1. The summed E-state index contributed by atoms with van der Waals surface area (Å²) in [7, 11) is 2.08. The second kappa shape index (κ2) is 8.64. The third kappa shape index (κ3) is 4.40. The van der Waals surface area contributed by atoms with Gasteiger partial charge < -0.3 is 14.6 Å². The molecule has 1 aliphatic heterocycles. The van der Waals surface area contributed by atoms with Crippen LogP contribution in [0.3, 0.4) is 0 Å². The molecular weight excluding hydrogens is 350 g/mol. The third-order valence-corrected chi connectivity index (χ3v) is 6.98. The molecule has 2 heterocycles. The number of aryl methyl sites for hydroxylation is 1. The summed E-state index contributed by atoms with van der Waals surface area (Å²) in [5.41, 5.74) is 2.19. The zero-order chi connectivity index (χ0) is 19.5. The van der Waals surface area contributed by atoms with Gasteiger partial charge in [0.05, 0.1) is 11.0 Å². The average molecular weight is 384 g/mol. The van der Waals surface area contributed by atoms with Crippen LogP contribution < -0.4 is 0 Å². The molecule has 5 nitrogen and oxygen atoms in total. The number of hydrogen-bond donors (Lipinski definition) is 1. The molecule has 152 valence electrons. The van der Waals surface area contributed by atoms with Crippen LogP contribution in [0.15, 0.2) is 24.3 Å². The molecule has 1 saturated heterocycles. The van der Waals surface area contributed by atoms with Crippen molar-refractivity contribution in [3.8, 4) is 0 Å². The topological polar surface area (TPSA) is 58.4 Å². The Kier molecular flexibility index (Phi) is 6.00. The van der Waals surface area contributed by atoms with Crippen molar-refractivity contribution in [1.82, 2.24) is 14.5 Å². The molecule has 1 N–H and O–H groups in total. The Bertz CT molecular complexity index is 809. The minimum atomic E-state index is -0.666. The van der Waals surface area contributed by atoms with Crippen LogP contribution in [0.5, 0.6) is 0 Å². The van der Waals surface area contributed by atoms with Crippen molar-refractivity contribution in [2.45, 2.75) is 51.4 Å². The van der Waals surface area contributed by atoms with Gasteiger partial charge in [0.2, 0.25) is 0 Å². The Balaban J connectivity index is 1.49. The average Bonchev–Trinajstić information content (AvgIpc) is 3.00. The normalized spacial score (nSPS) is 24.6. The molecule has 0 unspecified atom stereocenters. The van der Waals surface area contributed by atoms with Crippen LogP contribution >= 0.6 is 0 Å². The van der Waals surface area contributed by atoms with Crippen molar-refractivity contribution in [1.29, 1.82) is 0 Å². The Morgan fingerprint density at radius 3 is 2.68 bits per heavy atom. The van der Waals surface area contributed by atoms with Gasteiger partial charge in [0.25, 0.3) is 0 Å². The van der Waals surface area contributed by atoms with E-state index in [2.05, 4.69) is 28.6 Å². The first kappa shape index (κ1) is 19.4. The Labute approximate surface area is 167 Å². The van der Waals surface area contributed by atoms with Crippen molar-refractivity contribution < 1.29 is 9.90 Å². The molecule has 1 saturated carbocycles. The molecule has 2 fully saturated rings. The quantitative estimate of drug-likeness (QED) is 0.816. The van der Waals surface area contributed by atoms with E-state index in [1.807, 2.05) is 12.1 Å². The van der Waals surface area contributed by atoms with Gasteiger partial charge in [-0.2, -0.15) is 0 Å². The minimum Gasteiger partial charge on any atom is -0.481 e. The van der Waals surface area contributed by atoms with Gasteiger partial charge in [-0.15, -0.1) is 0 Å². The Hall–Kier alpha value is -1.88. The summed E-state index contributed by atoms with van der Waals surface area (Å²) in [6, 6.07) is 8.24. The Morgan fingerprint density at radius 1 is 1.14 bits per heavy atom. The number of imidazole rings is 1.